The van der Waals surface area contributed by atoms with Crippen LogP contribution in [-0.2, 0) is 14.4 Å². The second kappa shape index (κ2) is 5.43. The van der Waals surface area contributed by atoms with Crippen molar-refractivity contribution < 1.29 is 14.4 Å². The Balaban J connectivity index is 1.38. The van der Waals surface area contributed by atoms with Crippen LogP contribution in [0.1, 0.15) is 13.3 Å². The fraction of sp³-hybridized carbons (Fsp3) is 0.450. The first-order valence-corrected chi connectivity index (χ1v) is 9.47. The number of halogens is 1. The van der Waals surface area contributed by atoms with E-state index in [4.69, 9.17) is 11.6 Å². The molecule has 6 rings (SSSR count). The minimum atomic E-state index is -0.838. The van der Waals surface area contributed by atoms with Gasteiger partial charge in [-0.25, -0.2) is 0 Å². The van der Waals surface area contributed by atoms with Crippen molar-refractivity contribution in [1.82, 2.24) is 4.90 Å². The van der Waals surface area contributed by atoms with Crippen LogP contribution in [0.3, 0.4) is 0 Å². The van der Waals surface area contributed by atoms with Gasteiger partial charge in [0.2, 0.25) is 17.7 Å². The number of hydrogen-bond donors (Lipinski definition) is 1. The molecule has 4 aliphatic carbocycles. The Kier molecular flexibility index (Phi) is 3.35. The van der Waals surface area contributed by atoms with E-state index in [1.807, 2.05) is 0 Å². The molecule has 1 N–H and O–H groups in total. The Hall–Kier alpha value is -2.14. The van der Waals surface area contributed by atoms with Gasteiger partial charge in [-0.1, -0.05) is 29.8 Å². The van der Waals surface area contributed by atoms with E-state index in [2.05, 4.69) is 17.5 Å². The van der Waals surface area contributed by atoms with Crippen LogP contribution in [0.5, 0.6) is 0 Å². The summed E-state index contributed by atoms with van der Waals surface area (Å²) in [5.41, 5.74) is 0.550. The summed E-state index contributed by atoms with van der Waals surface area (Å²) in [5, 5.41) is 3.26. The maximum Gasteiger partial charge on any atom is 0.247 e. The molecule has 1 heterocycles. The zero-order valence-corrected chi connectivity index (χ0v) is 15.0. The van der Waals surface area contributed by atoms with Crippen LogP contribution in [0.2, 0.25) is 5.02 Å². The number of allylic oxidation sites excluding steroid dienone is 2. The molecule has 3 fully saturated rings. The summed E-state index contributed by atoms with van der Waals surface area (Å²) in [6.45, 7) is 1.61. The molecule has 0 aromatic heterocycles. The van der Waals surface area contributed by atoms with E-state index >= 15 is 0 Å². The van der Waals surface area contributed by atoms with Crippen molar-refractivity contribution >= 4 is 35.0 Å². The van der Waals surface area contributed by atoms with E-state index in [1.165, 1.54) is 4.90 Å². The van der Waals surface area contributed by atoms with Crippen molar-refractivity contribution in [2.45, 2.75) is 19.4 Å². The number of amides is 3. The summed E-state index contributed by atoms with van der Waals surface area (Å²) >= 11 is 5.94. The molecule has 6 heteroatoms. The van der Waals surface area contributed by atoms with Gasteiger partial charge >= 0.3 is 0 Å². The number of nitrogens with zero attached hydrogens (tertiary/aromatic N) is 1. The smallest absolute Gasteiger partial charge is 0.247 e. The summed E-state index contributed by atoms with van der Waals surface area (Å²) < 4.78 is 0. The van der Waals surface area contributed by atoms with Crippen molar-refractivity contribution in [2.24, 2.45) is 35.5 Å². The molecule has 0 radical (unpaired) electrons. The van der Waals surface area contributed by atoms with Crippen LogP contribution in [0, 0.1) is 35.5 Å². The summed E-state index contributed by atoms with van der Waals surface area (Å²) in [6.07, 6.45) is 5.39. The molecule has 1 aromatic rings. The van der Waals surface area contributed by atoms with Crippen molar-refractivity contribution in [1.29, 1.82) is 0 Å². The van der Waals surface area contributed by atoms with Gasteiger partial charge in [0.05, 0.1) is 11.8 Å². The molecule has 134 valence electrons. The van der Waals surface area contributed by atoms with Crippen molar-refractivity contribution in [3.05, 3.63) is 41.4 Å². The number of hydrogen-bond acceptors (Lipinski definition) is 3. The highest BCUT2D eigenvalue weighted by molar-refractivity contribution is 6.30. The Morgan fingerprint density at radius 1 is 1.15 bits per heavy atom. The Labute approximate surface area is 156 Å². The highest BCUT2D eigenvalue weighted by Crippen LogP contribution is 2.65. The van der Waals surface area contributed by atoms with Crippen LogP contribution in [-0.4, -0.2) is 28.7 Å². The SMILES string of the molecule is C[C@@H](C(=O)Nc1cccc(Cl)c1)N1C(=O)[C@H]2[C@@H]3C=C[C@H]([C@H]4C[C@H]34)[C@@H]2C1=O. The van der Waals surface area contributed by atoms with Crippen LogP contribution in [0.25, 0.3) is 0 Å². The average Bonchev–Trinajstić information content (AvgIpc) is 3.39. The molecule has 5 nitrogen and oxygen atoms in total. The number of benzene rings is 1. The molecule has 1 aromatic carbocycles. The van der Waals surface area contributed by atoms with Crippen LogP contribution < -0.4 is 5.32 Å². The average molecular weight is 371 g/mol. The van der Waals surface area contributed by atoms with Gasteiger partial charge in [-0.3, -0.25) is 19.3 Å². The maximum atomic E-state index is 13.0. The first-order chi connectivity index (χ1) is 12.5. The number of carbonyl (C=O) groups excluding carboxylic acids is 3. The van der Waals surface area contributed by atoms with E-state index in [-0.39, 0.29) is 41.4 Å². The number of carbonyl (C=O) groups is 3. The van der Waals surface area contributed by atoms with E-state index in [9.17, 15) is 14.4 Å². The summed E-state index contributed by atoms with van der Waals surface area (Å²) in [4.78, 5) is 39.9. The largest absolute Gasteiger partial charge is 0.324 e. The molecule has 0 unspecified atom stereocenters. The second-order valence-electron chi connectivity index (χ2n) is 7.88. The van der Waals surface area contributed by atoms with Gasteiger partial charge in [-0.05, 0) is 55.2 Å². The number of anilines is 1. The number of rotatable bonds is 3. The lowest BCUT2D eigenvalue weighted by Crippen LogP contribution is -2.46. The zero-order chi connectivity index (χ0) is 18.2. The first kappa shape index (κ1) is 16.1. The molecule has 3 amide bonds. The van der Waals surface area contributed by atoms with Crippen LogP contribution in [0.15, 0.2) is 36.4 Å². The minimum Gasteiger partial charge on any atom is -0.324 e. The number of nitrogens with one attached hydrogen (secondary N) is 1. The van der Waals surface area contributed by atoms with Gasteiger partial charge in [-0.15, -0.1) is 0 Å². The standard InChI is InChI=1S/C20H19ClN2O3/c1-9(18(24)22-11-4-2-3-10(21)7-11)23-19(25)16-12-5-6-13(15-8-14(12)15)17(16)20(23)26/h2-7,9,12-17H,8H2,1H3,(H,22,24)/t9-,12+,13+,14+,15+,16-,17-/m0/s1. The summed E-state index contributed by atoms with van der Waals surface area (Å²) in [6, 6.07) is 5.97. The van der Waals surface area contributed by atoms with Crippen molar-refractivity contribution in [3.63, 3.8) is 0 Å². The fourth-order valence-corrected chi connectivity index (χ4v) is 5.48. The third-order valence-electron chi connectivity index (χ3n) is 6.56. The number of imide groups is 1. The van der Waals surface area contributed by atoms with E-state index in [0.29, 0.717) is 22.5 Å². The first-order valence-electron chi connectivity index (χ1n) is 9.09. The summed E-state index contributed by atoms with van der Waals surface area (Å²) in [7, 11) is 0. The third kappa shape index (κ3) is 2.13. The molecule has 1 saturated heterocycles. The number of likely N-dealkylation sites (tertiary alicyclic amines) is 1. The second-order valence-corrected chi connectivity index (χ2v) is 8.31. The lowest BCUT2D eigenvalue weighted by molar-refractivity contribution is -0.146. The van der Waals surface area contributed by atoms with Gasteiger partial charge < -0.3 is 5.32 Å². The molecule has 2 saturated carbocycles. The topological polar surface area (TPSA) is 66.5 Å². The van der Waals surface area contributed by atoms with Gasteiger partial charge in [-0.2, -0.15) is 0 Å². The lowest BCUT2D eigenvalue weighted by Gasteiger charge is -2.37. The van der Waals surface area contributed by atoms with Gasteiger partial charge in [0.25, 0.3) is 0 Å². The van der Waals surface area contributed by atoms with Crippen LogP contribution in [0.4, 0.5) is 5.69 Å². The minimum absolute atomic E-state index is 0.166. The molecule has 7 atom stereocenters. The molecule has 26 heavy (non-hydrogen) atoms. The lowest BCUT2D eigenvalue weighted by atomic mass is 9.63. The molecule has 2 bridgehead atoms. The zero-order valence-electron chi connectivity index (χ0n) is 14.3. The highest BCUT2D eigenvalue weighted by atomic mass is 35.5. The van der Waals surface area contributed by atoms with Crippen molar-refractivity contribution in [2.75, 3.05) is 5.32 Å². The van der Waals surface area contributed by atoms with E-state index < -0.39 is 6.04 Å². The van der Waals surface area contributed by atoms with Crippen LogP contribution >= 0.6 is 11.6 Å². The van der Waals surface area contributed by atoms with E-state index in [1.54, 1.807) is 31.2 Å². The predicted molar refractivity (Wildman–Crippen MR) is 96.1 cm³/mol. The molecular weight excluding hydrogens is 352 g/mol. The monoisotopic (exact) mass is 370 g/mol. The van der Waals surface area contributed by atoms with E-state index in [0.717, 1.165) is 6.42 Å². The molecule has 1 aliphatic heterocycles. The third-order valence-corrected chi connectivity index (χ3v) is 6.79. The van der Waals surface area contributed by atoms with Gasteiger partial charge in [0.15, 0.2) is 0 Å². The Morgan fingerprint density at radius 2 is 1.77 bits per heavy atom. The van der Waals surface area contributed by atoms with Crippen molar-refractivity contribution in [3.8, 4) is 0 Å². The van der Waals surface area contributed by atoms with Gasteiger partial charge in [0.1, 0.15) is 6.04 Å². The highest BCUT2D eigenvalue weighted by Gasteiger charge is 2.67. The molecular formula is C20H19ClN2O3. The summed E-state index contributed by atoms with van der Waals surface area (Å²) in [5.74, 6) is 0.150. The Morgan fingerprint density at radius 3 is 2.35 bits per heavy atom. The predicted octanol–water partition coefficient (Wildman–Crippen LogP) is 2.72. The molecule has 5 aliphatic rings. The quantitative estimate of drug-likeness (QED) is 0.657. The maximum absolute atomic E-state index is 13.0. The Bertz CT molecular complexity index is 830. The fourth-order valence-electron chi connectivity index (χ4n) is 5.29. The molecule has 0 spiro atoms. The normalized spacial score (nSPS) is 37.4. The van der Waals surface area contributed by atoms with Gasteiger partial charge in [0, 0.05) is 10.7 Å².